The van der Waals surface area contributed by atoms with Gasteiger partial charge in [0.15, 0.2) is 0 Å². The van der Waals surface area contributed by atoms with Crippen LogP contribution in [-0.4, -0.2) is 16.6 Å². The van der Waals surface area contributed by atoms with Crippen LogP contribution in [0.25, 0.3) is 0 Å². The van der Waals surface area contributed by atoms with Crippen molar-refractivity contribution in [3.05, 3.63) is 29.2 Å². The number of hydrogen-bond acceptors (Lipinski definition) is 3. The van der Waals surface area contributed by atoms with Gasteiger partial charge in [-0.25, -0.2) is 4.98 Å². The average Bonchev–Trinajstić information content (AvgIpc) is 2.16. The summed E-state index contributed by atoms with van der Waals surface area (Å²) in [6, 6.07) is 1.62. The molecule has 0 radical (unpaired) electrons. The van der Waals surface area contributed by atoms with Gasteiger partial charge in [0, 0.05) is 18.9 Å². The van der Waals surface area contributed by atoms with Crippen LogP contribution in [0, 0.1) is 0 Å². The second-order valence-electron chi connectivity index (χ2n) is 3.35. The van der Waals surface area contributed by atoms with Crippen LogP contribution in [0.4, 0.5) is 0 Å². The first kappa shape index (κ1) is 12.0. The fraction of sp³-hybridized carbons (Fsp3) is 0.455. The minimum absolute atomic E-state index is 0.423. The highest BCUT2D eigenvalue weighted by atomic mass is 35.5. The molecular formula is C11H15ClN2O. The highest BCUT2D eigenvalue weighted by Crippen LogP contribution is 2.14. The molecule has 1 heterocycles. The molecule has 0 unspecified atom stereocenters. The van der Waals surface area contributed by atoms with E-state index in [9.17, 15) is 0 Å². The largest absolute Gasteiger partial charge is 0.477 e. The van der Waals surface area contributed by atoms with Crippen molar-refractivity contribution in [1.29, 1.82) is 0 Å². The standard InChI is InChI=1S/C11H15ClN2O/c1-4-10-13-9(12)7-11(14-10)15-6-5-8(2)3/h7H,2,4-6H2,1,3H3. The van der Waals surface area contributed by atoms with Crippen LogP contribution < -0.4 is 4.74 Å². The zero-order chi connectivity index (χ0) is 11.3. The van der Waals surface area contributed by atoms with Gasteiger partial charge >= 0.3 is 0 Å². The number of aryl methyl sites for hydroxylation is 1. The second kappa shape index (κ2) is 5.71. The maximum absolute atomic E-state index is 5.82. The maximum atomic E-state index is 5.82. The second-order valence-corrected chi connectivity index (χ2v) is 3.74. The number of rotatable bonds is 5. The van der Waals surface area contributed by atoms with Crippen molar-refractivity contribution < 1.29 is 4.74 Å². The fourth-order valence-electron chi connectivity index (χ4n) is 1.00. The lowest BCUT2D eigenvalue weighted by molar-refractivity contribution is 0.307. The Hall–Kier alpha value is -1.09. The molecular weight excluding hydrogens is 212 g/mol. The predicted octanol–water partition coefficient (Wildman–Crippen LogP) is 3.04. The molecule has 4 heteroatoms. The Kier molecular flexibility index (Phi) is 4.56. The molecule has 0 atom stereocenters. The summed E-state index contributed by atoms with van der Waals surface area (Å²) in [4.78, 5) is 8.25. The average molecular weight is 227 g/mol. The zero-order valence-electron chi connectivity index (χ0n) is 9.09. The summed E-state index contributed by atoms with van der Waals surface area (Å²) in [7, 11) is 0. The molecule has 1 aromatic heterocycles. The Morgan fingerprint density at radius 2 is 2.27 bits per heavy atom. The SMILES string of the molecule is C=C(C)CCOc1cc(Cl)nc(CC)n1. The topological polar surface area (TPSA) is 35.0 Å². The number of aromatic nitrogens is 2. The van der Waals surface area contributed by atoms with E-state index >= 15 is 0 Å². The number of hydrogen-bond donors (Lipinski definition) is 0. The predicted molar refractivity (Wildman–Crippen MR) is 61.3 cm³/mol. The van der Waals surface area contributed by atoms with E-state index in [4.69, 9.17) is 16.3 Å². The van der Waals surface area contributed by atoms with E-state index in [1.54, 1.807) is 6.07 Å². The minimum atomic E-state index is 0.423. The monoisotopic (exact) mass is 226 g/mol. The first-order valence-electron chi connectivity index (χ1n) is 4.92. The zero-order valence-corrected chi connectivity index (χ0v) is 9.84. The molecule has 0 spiro atoms. The molecule has 0 aliphatic rings. The first-order valence-corrected chi connectivity index (χ1v) is 5.30. The summed E-state index contributed by atoms with van der Waals surface area (Å²) in [5.41, 5.74) is 1.09. The van der Waals surface area contributed by atoms with Gasteiger partial charge in [-0.1, -0.05) is 24.1 Å². The van der Waals surface area contributed by atoms with E-state index in [1.807, 2.05) is 13.8 Å². The van der Waals surface area contributed by atoms with Crippen molar-refractivity contribution in [3.8, 4) is 5.88 Å². The summed E-state index contributed by atoms with van der Waals surface area (Å²) in [5, 5.41) is 0.423. The highest BCUT2D eigenvalue weighted by molar-refractivity contribution is 6.29. The third-order valence-electron chi connectivity index (χ3n) is 1.81. The van der Waals surface area contributed by atoms with E-state index in [0.717, 1.165) is 18.4 Å². The van der Waals surface area contributed by atoms with Gasteiger partial charge < -0.3 is 4.74 Å². The molecule has 0 aliphatic carbocycles. The van der Waals surface area contributed by atoms with Crippen molar-refractivity contribution in [2.75, 3.05) is 6.61 Å². The number of halogens is 1. The van der Waals surface area contributed by atoms with Gasteiger partial charge in [0.1, 0.15) is 11.0 Å². The Bertz CT molecular complexity index is 352. The van der Waals surface area contributed by atoms with Crippen LogP contribution in [0.15, 0.2) is 18.2 Å². The molecule has 82 valence electrons. The van der Waals surface area contributed by atoms with Gasteiger partial charge in [-0.3, -0.25) is 0 Å². The molecule has 0 saturated carbocycles. The van der Waals surface area contributed by atoms with E-state index in [2.05, 4.69) is 16.5 Å². The lowest BCUT2D eigenvalue weighted by atomic mass is 10.3. The maximum Gasteiger partial charge on any atom is 0.218 e. The van der Waals surface area contributed by atoms with Crippen molar-refractivity contribution in [3.63, 3.8) is 0 Å². The molecule has 3 nitrogen and oxygen atoms in total. The van der Waals surface area contributed by atoms with Gasteiger partial charge in [-0.05, 0) is 6.92 Å². The van der Waals surface area contributed by atoms with Gasteiger partial charge in [0.05, 0.1) is 6.61 Å². The van der Waals surface area contributed by atoms with Crippen LogP contribution in [0.2, 0.25) is 5.15 Å². The summed E-state index contributed by atoms with van der Waals surface area (Å²) in [6.07, 6.45) is 1.57. The van der Waals surface area contributed by atoms with Crippen molar-refractivity contribution in [1.82, 2.24) is 9.97 Å². The van der Waals surface area contributed by atoms with E-state index < -0.39 is 0 Å². The Balaban J connectivity index is 2.60. The van der Waals surface area contributed by atoms with Crippen LogP contribution in [0.3, 0.4) is 0 Å². The molecule has 15 heavy (non-hydrogen) atoms. The third-order valence-corrected chi connectivity index (χ3v) is 2.01. The molecule has 0 bridgehead atoms. The van der Waals surface area contributed by atoms with Gasteiger partial charge in [0.2, 0.25) is 5.88 Å². The summed E-state index contributed by atoms with van der Waals surface area (Å²) < 4.78 is 5.44. The van der Waals surface area contributed by atoms with Crippen molar-refractivity contribution in [2.45, 2.75) is 26.7 Å². The molecule has 0 aliphatic heterocycles. The summed E-state index contributed by atoms with van der Waals surface area (Å²) in [5.74, 6) is 1.24. The first-order chi connectivity index (χ1) is 7.11. The smallest absolute Gasteiger partial charge is 0.218 e. The fourth-order valence-corrected chi connectivity index (χ4v) is 1.19. The lowest BCUT2D eigenvalue weighted by Gasteiger charge is -2.06. The van der Waals surface area contributed by atoms with E-state index in [-0.39, 0.29) is 0 Å². The van der Waals surface area contributed by atoms with Gasteiger partial charge in [-0.2, -0.15) is 4.98 Å². The lowest BCUT2D eigenvalue weighted by Crippen LogP contribution is -2.02. The normalized spacial score (nSPS) is 10.1. The van der Waals surface area contributed by atoms with Crippen LogP contribution >= 0.6 is 11.6 Å². The van der Waals surface area contributed by atoms with Gasteiger partial charge in [-0.15, -0.1) is 6.58 Å². The van der Waals surface area contributed by atoms with Gasteiger partial charge in [0.25, 0.3) is 0 Å². The van der Waals surface area contributed by atoms with Crippen LogP contribution in [0.1, 0.15) is 26.1 Å². The summed E-state index contributed by atoms with van der Waals surface area (Å²) >= 11 is 5.82. The molecule has 0 amide bonds. The molecule has 0 saturated heterocycles. The minimum Gasteiger partial charge on any atom is -0.477 e. The van der Waals surface area contributed by atoms with Crippen LogP contribution in [-0.2, 0) is 6.42 Å². The Labute approximate surface area is 95.2 Å². The molecule has 0 fully saturated rings. The van der Waals surface area contributed by atoms with Crippen molar-refractivity contribution in [2.24, 2.45) is 0 Å². The quantitative estimate of drug-likeness (QED) is 0.572. The van der Waals surface area contributed by atoms with E-state index in [0.29, 0.717) is 23.5 Å². The third kappa shape index (κ3) is 4.30. The molecule has 0 N–H and O–H groups in total. The van der Waals surface area contributed by atoms with Crippen LogP contribution in [0.5, 0.6) is 5.88 Å². The highest BCUT2D eigenvalue weighted by Gasteiger charge is 2.02. The number of ether oxygens (including phenoxy) is 1. The molecule has 0 aromatic carbocycles. The number of nitrogens with zero attached hydrogens (tertiary/aromatic N) is 2. The van der Waals surface area contributed by atoms with E-state index in [1.165, 1.54) is 0 Å². The Morgan fingerprint density at radius 1 is 1.53 bits per heavy atom. The molecule has 1 aromatic rings. The Morgan fingerprint density at radius 3 is 2.87 bits per heavy atom. The molecule has 1 rings (SSSR count). The summed E-state index contributed by atoms with van der Waals surface area (Å²) in [6.45, 7) is 8.32. The van der Waals surface area contributed by atoms with Crippen molar-refractivity contribution >= 4 is 11.6 Å².